The van der Waals surface area contributed by atoms with Gasteiger partial charge in [-0.3, -0.25) is 0 Å². The molecule has 2 aromatic heterocycles. The minimum Gasteiger partial charge on any atom is -0.368 e. The number of aromatic nitrogens is 4. The van der Waals surface area contributed by atoms with Crippen molar-refractivity contribution >= 4 is 11.5 Å². The van der Waals surface area contributed by atoms with Crippen molar-refractivity contribution in [1.29, 1.82) is 0 Å². The second-order valence-corrected chi connectivity index (χ2v) is 4.16. The van der Waals surface area contributed by atoms with Crippen LogP contribution in [0.4, 0.5) is 10.2 Å². The summed E-state index contributed by atoms with van der Waals surface area (Å²) in [4.78, 5) is 0. The van der Waals surface area contributed by atoms with E-state index in [1.165, 1.54) is 12.1 Å². The Morgan fingerprint density at radius 1 is 1.11 bits per heavy atom. The van der Waals surface area contributed by atoms with Crippen LogP contribution in [-0.4, -0.2) is 26.4 Å². The average Bonchev–Trinajstić information content (AvgIpc) is 2.88. The van der Waals surface area contributed by atoms with E-state index in [0.717, 1.165) is 24.3 Å². The summed E-state index contributed by atoms with van der Waals surface area (Å²) in [5.41, 5.74) is 1.79. The molecule has 0 aliphatic rings. The molecule has 0 unspecified atom stereocenters. The Morgan fingerprint density at radius 3 is 2.79 bits per heavy atom. The molecule has 6 heteroatoms. The molecule has 0 aliphatic heterocycles. The second kappa shape index (κ2) is 5.01. The zero-order chi connectivity index (χ0) is 13.1. The number of halogens is 1. The number of rotatable bonds is 4. The number of nitrogens with zero attached hydrogens (tertiary/aromatic N) is 4. The summed E-state index contributed by atoms with van der Waals surface area (Å²) in [6.45, 7) is 0.728. The summed E-state index contributed by atoms with van der Waals surface area (Å²) in [5, 5.41) is 15.2. The van der Waals surface area contributed by atoms with Gasteiger partial charge in [-0.25, -0.2) is 4.39 Å². The van der Waals surface area contributed by atoms with Crippen molar-refractivity contribution in [3.05, 3.63) is 54.1 Å². The van der Waals surface area contributed by atoms with E-state index in [1.807, 2.05) is 12.1 Å². The fourth-order valence-electron chi connectivity index (χ4n) is 1.81. The molecule has 0 saturated carbocycles. The molecule has 19 heavy (non-hydrogen) atoms. The summed E-state index contributed by atoms with van der Waals surface area (Å²) in [6, 6.07) is 10.2. The third-order valence-corrected chi connectivity index (χ3v) is 2.79. The van der Waals surface area contributed by atoms with Crippen LogP contribution in [0.1, 0.15) is 5.56 Å². The lowest BCUT2D eigenvalue weighted by molar-refractivity contribution is 0.627. The van der Waals surface area contributed by atoms with Gasteiger partial charge in [0.05, 0.1) is 0 Å². The molecule has 96 valence electrons. The van der Waals surface area contributed by atoms with E-state index in [4.69, 9.17) is 0 Å². The van der Waals surface area contributed by atoms with Gasteiger partial charge in [0.1, 0.15) is 18.0 Å². The van der Waals surface area contributed by atoms with Crippen molar-refractivity contribution in [2.45, 2.75) is 6.42 Å². The third kappa shape index (κ3) is 2.67. The van der Waals surface area contributed by atoms with Crippen LogP contribution in [0, 0.1) is 5.82 Å². The smallest absolute Gasteiger partial charge is 0.177 e. The van der Waals surface area contributed by atoms with Gasteiger partial charge in [-0.1, -0.05) is 12.1 Å². The van der Waals surface area contributed by atoms with E-state index in [2.05, 4.69) is 20.6 Å². The molecule has 0 bridgehead atoms. The van der Waals surface area contributed by atoms with Gasteiger partial charge in [-0.2, -0.15) is 4.52 Å². The summed E-state index contributed by atoms with van der Waals surface area (Å²) < 4.78 is 14.4. The number of anilines is 1. The molecule has 2 heterocycles. The molecule has 0 saturated heterocycles. The average molecular weight is 257 g/mol. The van der Waals surface area contributed by atoms with E-state index >= 15 is 0 Å². The summed E-state index contributed by atoms with van der Waals surface area (Å²) in [6.07, 6.45) is 2.36. The Hall–Kier alpha value is -2.50. The zero-order valence-corrected chi connectivity index (χ0v) is 10.1. The molecule has 1 N–H and O–H groups in total. The Kier molecular flexibility index (Phi) is 3.06. The number of benzene rings is 1. The lowest BCUT2D eigenvalue weighted by Gasteiger charge is -2.05. The van der Waals surface area contributed by atoms with Crippen LogP contribution < -0.4 is 5.32 Å². The van der Waals surface area contributed by atoms with E-state index < -0.39 is 0 Å². The molecule has 0 aliphatic carbocycles. The van der Waals surface area contributed by atoms with Crippen LogP contribution in [0.3, 0.4) is 0 Å². The summed E-state index contributed by atoms with van der Waals surface area (Å²) in [7, 11) is 0. The van der Waals surface area contributed by atoms with Gasteiger partial charge >= 0.3 is 0 Å². The third-order valence-electron chi connectivity index (χ3n) is 2.79. The highest BCUT2D eigenvalue weighted by atomic mass is 19.1. The molecule has 0 amide bonds. The largest absolute Gasteiger partial charge is 0.368 e. The SMILES string of the molecule is Fc1ccc(CCNc2ccc3nncn3n2)cc1. The van der Waals surface area contributed by atoms with E-state index in [1.54, 1.807) is 23.0 Å². The van der Waals surface area contributed by atoms with E-state index in [-0.39, 0.29) is 5.82 Å². The van der Waals surface area contributed by atoms with Crippen molar-refractivity contribution in [3.63, 3.8) is 0 Å². The van der Waals surface area contributed by atoms with Crippen LogP contribution in [0.2, 0.25) is 0 Å². The van der Waals surface area contributed by atoms with Gasteiger partial charge in [0.25, 0.3) is 0 Å². The molecule has 5 nitrogen and oxygen atoms in total. The maximum absolute atomic E-state index is 12.8. The number of hydrogen-bond donors (Lipinski definition) is 1. The normalized spacial score (nSPS) is 10.8. The van der Waals surface area contributed by atoms with Crippen molar-refractivity contribution in [2.24, 2.45) is 0 Å². The minimum absolute atomic E-state index is 0.212. The fourth-order valence-corrected chi connectivity index (χ4v) is 1.81. The Bertz CT molecular complexity index is 677. The van der Waals surface area contributed by atoms with Gasteiger partial charge in [-0.05, 0) is 36.2 Å². The summed E-state index contributed by atoms with van der Waals surface area (Å²) >= 11 is 0. The first-order chi connectivity index (χ1) is 9.31. The van der Waals surface area contributed by atoms with E-state index in [9.17, 15) is 4.39 Å². The highest BCUT2D eigenvalue weighted by Crippen LogP contribution is 2.06. The molecule has 3 rings (SSSR count). The number of fused-ring (bicyclic) bond motifs is 1. The van der Waals surface area contributed by atoms with Crippen molar-refractivity contribution < 1.29 is 4.39 Å². The van der Waals surface area contributed by atoms with Crippen molar-refractivity contribution in [3.8, 4) is 0 Å². The van der Waals surface area contributed by atoms with Crippen LogP contribution in [0.25, 0.3) is 5.65 Å². The fraction of sp³-hybridized carbons (Fsp3) is 0.154. The predicted octanol–water partition coefficient (Wildman–Crippen LogP) is 1.92. The molecule has 3 aromatic rings. The molecule has 0 spiro atoms. The van der Waals surface area contributed by atoms with Crippen LogP contribution in [0.5, 0.6) is 0 Å². The first-order valence-electron chi connectivity index (χ1n) is 5.97. The van der Waals surface area contributed by atoms with Crippen LogP contribution in [0.15, 0.2) is 42.7 Å². The highest BCUT2D eigenvalue weighted by Gasteiger charge is 1.99. The molecule has 0 fully saturated rings. The van der Waals surface area contributed by atoms with Crippen molar-refractivity contribution in [2.75, 3.05) is 11.9 Å². The molecular weight excluding hydrogens is 245 g/mol. The second-order valence-electron chi connectivity index (χ2n) is 4.16. The Morgan fingerprint density at radius 2 is 1.95 bits per heavy atom. The lowest BCUT2D eigenvalue weighted by atomic mass is 10.1. The van der Waals surface area contributed by atoms with Gasteiger partial charge in [0.15, 0.2) is 5.65 Å². The number of nitrogens with one attached hydrogen (secondary N) is 1. The molecule has 0 radical (unpaired) electrons. The quantitative estimate of drug-likeness (QED) is 0.775. The molecule has 0 atom stereocenters. The molecule has 1 aromatic carbocycles. The topological polar surface area (TPSA) is 55.1 Å². The Balaban J connectivity index is 1.61. The maximum Gasteiger partial charge on any atom is 0.177 e. The standard InChI is InChI=1S/C13H12FN5/c14-11-3-1-10(2-4-11)7-8-15-12-5-6-13-17-16-9-19(13)18-12/h1-6,9H,7-8H2,(H,15,18). The monoisotopic (exact) mass is 257 g/mol. The lowest BCUT2D eigenvalue weighted by Crippen LogP contribution is -2.07. The van der Waals surface area contributed by atoms with E-state index in [0.29, 0.717) is 5.65 Å². The highest BCUT2D eigenvalue weighted by molar-refractivity contribution is 5.42. The zero-order valence-electron chi connectivity index (χ0n) is 10.1. The maximum atomic E-state index is 12.8. The summed E-state index contributed by atoms with van der Waals surface area (Å²) in [5.74, 6) is 0.547. The van der Waals surface area contributed by atoms with Gasteiger partial charge in [0, 0.05) is 6.54 Å². The first-order valence-corrected chi connectivity index (χ1v) is 5.97. The van der Waals surface area contributed by atoms with Gasteiger partial charge in [-0.15, -0.1) is 15.3 Å². The van der Waals surface area contributed by atoms with Crippen LogP contribution >= 0.6 is 0 Å². The number of hydrogen-bond acceptors (Lipinski definition) is 4. The van der Waals surface area contributed by atoms with Crippen molar-refractivity contribution in [1.82, 2.24) is 19.8 Å². The molecular formula is C13H12FN5. The Labute approximate surface area is 109 Å². The van der Waals surface area contributed by atoms with Gasteiger partial charge in [0.2, 0.25) is 0 Å². The van der Waals surface area contributed by atoms with Crippen LogP contribution in [-0.2, 0) is 6.42 Å². The van der Waals surface area contributed by atoms with Gasteiger partial charge < -0.3 is 5.32 Å². The first kappa shape index (κ1) is 11.6. The predicted molar refractivity (Wildman–Crippen MR) is 69.4 cm³/mol. The minimum atomic E-state index is -0.212.